The van der Waals surface area contributed by atoms with Crippen molar-refractivity contribution in [3.05, 3.63) is 59.7 Å². The zero-order chi connectivity index (χ0) is 18.7. The SMILES string of the molecule is COc1ccc2nc(CNC(=O)[C@H](c3cccc(F)c3)N(C)C)[nH]c2c1. The van der Waals surface area contributed by atoms with Crippen molar-refractivity contribution in [2.75, 3.05) is 21.2 Å². The maximum atomic E-state index is 13.5. The second-order valence-electron chi connectivity index (χ2n) is 6.21. The van der Waals surface area contributed by atoms with Gasteiger partial charge in [-0.25, -0.2) is 9.37 Å². The molecule has 6 nitrogen and oxygen atoms in total. The number of halogens is 1. The first-order valence-corrected chi connectivity index (χ1v) is 8.20. The Morgan fingerprint density at radius 2 is 2.12 bits per heavy atom. The first-order valence-electron chi connectivity index (χ1n) is 8.20. The molecule has 3 aromatic rings. The van der Waals surface area contributed by atoms with Gasteiger partial charge in [0.15, 0.2) is 0 Å². The summed E-state index contributed by atoms with van der Waals surface area (Å²) in [6.45, 7) is 0.246. The van der Waals surface area contributed by atoms with Gasteiger partial charge < -0.3 is 15.0 Å². The second-order valence-corrected chi connectivity index (χ2v) is 6.21. The zero-order valence-corrected chi connectivity index (χ0v) is 14.9. The lowest BCUT2D eigenvalue weighted by atomic mass is 10.1. The normalized spacial score (nSPS) is 12.3. The Morgan fingerprint density at radius 1 is 1.31 bits per heavy atom. The molecule has 0 aliphatic heterocycles. The molecule has 0 spiro atoms. The fourth-order valence-electron chi connectivity index (χ4n) is 2.88. The van der Waals surface area contributed by atoms with E-state index in [1.165, 1.54) is 12.1 Å². The van der Waals surface area contributed by atoms with E-state index in [9.17, 15) is 9.18 Å². The Kier molecular flexibility index (Phi) is 5.18. The number of methoxy groups -OCH3 is 1. The number of fused-ring (bicyclic) bond motifs is 1. The van der Waals surface area contributed by atoms with Crippen molar-refractivity contribution in [2.45, 2.75) is 12.6 Å². The van der Waals surface area contributed by atoms with E-state index in [0.29, 0.717) is 11.4 Å². The summed E-state index contributed by atoms with van der Waals surface area (Å²) in [5.41, 5.74) is 2.23. The Hall–Kier alpha value is -2.93. The van der Waals surface area contributed by atoms with Crippen LogP contribution in [0.15, 0.2) is 42.5 Å². The zero-order valence-electron chi connectivity index (χ0n) is 14.9. The molecule has 1 atom stereocenters. The average Bonchev–Trinajstić information content (AvgIpc) is 3.01. The van der Waals surface area contributed by atoms with Crippen molar-refractivity contribution in [3.63, 3.8) is 0 Å². The van der Waals surface area contributed by atoms with Crippen molar-refractivity contribution in [2.24, 2.45) is 0 Å². The molecule has 0 aliphatic carbocycles. The van der Waals surface area contributed by atoms with Crippen LogP contribution in [0.4, 0.5) is 4.39 Å². The first-order chi connectivity index (χ1) is 12.5. The van der Waals surface area contributed by atoms with Crippen molar-refractivity contribution in [1.82, 2.24) is 20.2 Å². The third kappa shape index (κ3) is 3.83. The lowest BCUT2D eigenvalue weighted by Crippen LogP contribution is -2.37. The Labute approximate surface area is 151 Å². The molecule has 1 amide bonds. The lowest BCUT2D eigenvalue weighted by Gasteiger charge is -2.23. The Morgan fingerprint density at radius 3 is 2.81 bits per heavy atom. The third-order valence-corrected chi connectivity index (χ3v) is 4.10. The number of hydrogen-bond acceptors (Lipinski definition) is 4. The standard InChI is InChI=1S/C19H21FN4O2/c1-24(2)18(12-5-4-6-13(20)9-12)19(25)21-11-17-22-15-8-7-14(26-3)10-16(15)23-17/h4-10,18H,11H2,1-3H3,(H,21,25)(H,22,23)/t18-/m0/s1. The number of aromatic amines is 1. The minimum absolute atomic E-state index is 0.223. The molecule has 1 heterocycles. The van der Waals surface area contributed by atoms with Crippen LogP contribution in [0.3, 0.4) is 0 Å². The molecule has 0 saturated carbocycles. The highest BCUT2D eigenvalue weighted by molar-refractivity contribution is 5.83. The Bertz CT molecular complexity index is 923. The molecule has 0 radical (unpaired) electrons. The number of aromatic nitrogens is 2. The highest BCUT2D eigenvalue weighted by Crippen LogP contribution is 2.21. The maximum absolute atomic E-state index is 13.5. The molecule has 0 bridgehead atoms. The summed E-state index contributed by atoms with van der Waals surface area (Å²) in [7, 11) is 5.16. The predicted molar refractivity (Wildman–Crippen MR) is 97.3 cm³/mol. The van der Waals surface area contributed by atoms with E-state index >= 15 is 0 Å². The number of amides is 1. The molecule has 0 aliphatic rings. The summed E-state index contributed by atoms with van der Waals surface area (Å²) in [5, 5.41) is 2.86. The summed E-state index contributed by atoms with van der Waals surface area (Å²) < 4.78 is 18.7. The summed E-state index contributed by atoms with van der Waals surface area (Å²) in [5.74, 6) is 0.779. The van der Waals surface area contributed by atoms with Crippen LogP contribution in [0.5, 0.6) is 5.75 Å². The van der Waals surface area contributed by atoms with Crippen molar-refractivity contribution < 1.29 is 13.9 Å². The summed E-state index contributed by atoms with van der Waals surface area (Å²) in [6.07, 6.45) is 0. The number of hydrogen-bond donors (Lipinski definition) is 2. The summed E-state index contributed by atoms with van der Waals surface area (Å²) in [4.78, 5) is 22.0. The monoisotopic (exact) mass is 356 g/mol. The van der Waals surface area contributed by atoms with Crippen LogP contribution in [0.2, 0.25) is 0 Å². The van der Waals surface area contributed by atoms with Gasteiger partial charge in [0.05, 0.1) is 24.7 Å². The van der Waals surface area contributed by atoms with Crippen molar-refractivity contribution in [1.29, 1.82) is 0 Å². The van der Waals surface area contributed by atoms with Crippen LogP contribution < -0.4 is 10.1 Å². The number of nitrogens with one attached hydrogen (secondary N) is 2. The summed E-state index contributed by atoms with van der Waals surface area (Å²) in [6, 6.07) is 11.0. The van der Waals surface area contributed by atoms with Gasteiger partial charge in [-0.2, -0.15) is 0 Å². The van der Waals surface area contributed by atoms with Crippen LogP contribution in [0.25, 0.3) is 11.0 Å². The van der Waals surface area contributed by atoms with Crippen LogP contribution in [-0.4, -0.2) is 42.0 Å². The number of benzene rings is 2. The van der Waals surface area contributed by atoms with Crippen LogP contribution >= 0.6 is 0 Å². The molecule has 2 aromatic carbocycles. The minimum Gasteiger partial charge on any atom is -0.497 e. The van der Waals surface area contributed by atoms with E-state index in [1.54, 1.807) is 38.2 Å². The first kappa shape index (κ1) is 17.9. The number of rotatable bonds is 6. The molecule has 26 heavy (non-hydrogen) atoms. The fraction of sp³-hybridized carbons (Fsp3) is 0.263. The molecule has 2 N–H and O–H groups in total. The molecule has 1 aromatic heterocycles. The van der Waals surface area contributed by atoms with Crippen molar-refractivity contribution >= 4 is 16.9 Å². The third-order valence-electron chi connectivity index (χ3n) is 4.10. The van der Waals surface area contributed by atoms with E-state index in [1.807, 2.05) is 18.2 Å². The highest BCUT2D eigenvalue weighted by atomic mass is 19.1. The van der Waals surface area contributed by atoms with Gasteiger partial charge in [0, 0.05) is 6.07 Å². The lowest BCUT2D eigenvalue weighted by molar-refractivity contribution is -0.126. The molecular formula is C19H21FN4O2. The van der Waals surface area contributed by atoms with E-state index in [0.717, 1.165) is 16.8 Å². The molecule has 136 valence electrons. The van der Waals surface area contributed by atoms with E-state index in [2.05, 4.69) is 15.3 Å². The molecule has 3 rings (SSSR count). The van der Waals surface area contributed by atoms with Gasteiger partial charge in [-0.05, 0) is 43.9 Å². The number of imidazole rings is 1. The molecule has 0 saturated heterocycles. The average molecular weight is 356 g/mol. The van der Waals surface area contributed by atoms with Crippen LogP contribution in [0, 0.1) is 5.82 Å². The van der Waals surface area contributed by atoms with Gasteiger partial charge >= 0.3 is 0 Å². The van der Waals surface area contributed by atoms with Gasteiger partial charge in [0.2, 0.25) is 5.91 Å². The van der Waals surface area contributed by atoms with Crippen LogP contribution in [-0.2, 0) is 11.3 Å². The van der Waals surface area contributed by atoms with Gasteiger partial charge in [-0.15, -0.1) is 0 Å². The highest BCUT2D eigenvalue weighted by Gasteiger charge is 2.23. The van der Waals surface area contributed by atoms with E-state index in [4.69, 9.17) is 4.74 Å². The smallest absolute Gasteiger partial charge is 0.242 e. The number of carbonyl (C=O) groups is 1. The van der Waals surface area contributed by atoms with Gasteiger partial charge in [-0.3, -0.25) is 9.69 Å². The van der Waals surface area contributed by atoms with E-state index in [-0.39, 0.29) is 18.3 Å². The molecular weight excluding hydrogens is 335 g/mol. The number of carbonyl (C=O) groups excluding carboxylic acids is 1. The van der Waals surface area contributed by atoms with Gasteiger partial charge in [0.1, 0.15) is 23.4 Å². The minimum atomic E-state index is -0.588. The molecule has 0 unspecified atom stereocenters. The molecule has 0 fully saturated rings. The number of likely N-dealkylation sites (N-methyl/N-ethyl adjacent to an activating group) is 1. The Balaban J connectivity index is 1.74. The van der Waals surface area contributed by atoms with Gasteiger partial charge in [0.25, 0.3) is 0 Å². The predicted octanol–water partition coefficient (Wildman–Crippen LogP) is 2.63. The second kappa shape index (κ2) is 7.53. The fourth-order valence-corrected chi connectivity index (χ4v) is 2.88. The van der Waals surface area contributed by atoms with Gasteiger partial charge in [-0.1, -0.05) is 12.1 Å². The number of nitrogens with zero attached hydrogens (tertiary/aromatic N) is 2. The molecule has 7 heteroatoms. The van der Waals surface area contributed by atoms with Crippen LogP contribution in [0.1, 0.15) is 17.4 Å². The largest absolute Gasteiger partial charge is 0.497 e. The number of H-pyrrole nitrogens is 1. The number of ether oxygens (including phenoxy) is 1. The van der Waals surface area contributed by atoms with Crippen molar-refractivity contribution in [3.8, 4) is 5.75 Å². The topological polar surface area (TPSA) is 70.2 Å². The summed E-state index contributed by atoms with van der Waals surface area (Å²) >= 11 is 0. The maximum Gasteiger partial charge on any atom is 0.242 e. The quantitative estimate of drug-likeness (QED) is 0.712. The van der Waals surface area contributed by atoms with E-state index < -0.39 is 6.04 Å².